The van der Waals surface area contributed by atoms with Crippen molar-refractivity contribution in [3.63, 3.8) is 0 Å². The van der Waals surface area contributed by atoms with Crippen LogP contribution in [-0.2, 0) is 31.0 Å². The van der Waals surface area contributed by atoms with E-state index in [0.29, 0.717) is 28.5 Å². The maximum Gasteiger partial charge on any atom is 0.332 e. The number of benzene rings is 1. The highest BCUT2D eigenvalue weighted by Gasteiger charge is 2.22. The normalized spacial score (nSPS) is 11.2. The molecule has 4 rings (SSSR count). The topological polar surface area (TPSA) is 104 Å². The van der Waals surface area contributed by atoms with Gasteiger partial charge in [0.15, 0.2) is 5.52 Å². The summed E-state index contributed by atoms with van der Waals surface area (Å²) in [7, 11) is 0. The third-order valence-electron chi connectivity index (χ3n) is 5.20. The number of carbonyl (C=O) groups is 1. The predicted octanol–water partition coefficient (Wildman–Crippen LogP) is 2.30. The molecule has 3 aromatic heterocycles. The van der Waals surface area contributed by atoms with Gasteiger partial charge in [-0.2, -0.15) is 5.10 Å². The molecule has 0 saturated heterocycles. The molecular weight excluding hydrogens is 434 g/mol. The van der Waals surface area contributed by atoms with E-state index in [0.717, 1.165) is 10.1 Å². The molecule has 0 radical (unpaired) electrons. The first kappa shape index (κ1) is 21.6. The van der Waals surface area contributed by atoms with Gasteiger partial charge in [-0.25, -0.2) is 4.79 Å². The van der Waals surface area contributed by atoms with Crippen molar-refractivity contribution in [2.24, 2.45) is 0 Å². The monoisotopic (exact) mass is 455 g/mol. The van der Waals surface area contributed by atoms with Crippen molar-refractivity contribution in [1.82, 2.24) is 24.2 Å². The fourth-order valence-electron chi connectivity index (χ4n) is 3.67. The molecule has 0 aliphatic heterocycles. The summed E-state index contributed by atoms with van der Waals surface area (Å²) < 4.78 is 9.22. The first-order valence-corrected chi connectivity index (χ1v) is 10.5. The van der Waals surface area contributed by atoms with Crippen LogP contribution >= 0.6 is 11.6 Å². The molecule has 0 aliphatic carbocycles. The van der Waals surface area contributed by atoms with Gasteiger partial charge in [0.05, 0.1) is 18.5 Å². The van der Waals surface area contributed by atoms with E-state index >= 15 is 0 Å². The number of halogens is 1. The fraction of sp³-hybridized carbons (Fsp3) is 0.273. The highest BCUT2D eigenvalue weighted by molar-refractivity contribution is 6.31. The molecule has 3 heterocycles. The number of hydrogen-bond acceptors (Lipinski definition) is 5. The number of fused-ring (bicyclic) bond motifs is 1. The average molecular weight is 456 g/mol. The van der Waals surface area contributed by atoms with Gasteiger partial charge in [0.2, 0.25) is 5.91 Å². The zero-order valence-electron chi connectivity index (χ0n) is 17.7. The number of hydrogen-bond donors (Lipinski definition) is 1. The Hall–Kier alpha value is -3.59. The van der Waals surface area contributed by atoms with Gasteiger partial charge in [-0.05, 0) is 37.6 Å². The van der Waals surface area contributed by atoms with Gasteiger partial charge in [0, 0.05) is 18.1 Å². The molecule has 10 heteroatoms. The van der Waals surface area contributed by atoms with Gasteiger partial charge < -0.3 is 9.73 Å². The van der Waals surface area contributed by atoms with Crippen molar-refractivity contribution in [3.8, 4) is 0 Å². The summed E-state index contributed by atoms with van der Waals surface area (Å²) >= 11 is 6.15. The minimum Gasteiger partial charge on any atom is -0.467 e. The van der Waals surface area contributed by atoms with E-state index in [1.165, 1.54) is 10.8 Å². The molecule has 0 unspecified atom stereocenters. The van der Waals surface area contributed by atoms with Gasteiger partial charge in [0.25, 0.3) is 5.56 Å². The van der Waals surface area contributed by atoms with Crippen molar-refractivity contribution in [3.05, 3.63) is 85.5 Å². The van der Waals surface area contributed by atoms with E-state index in [1.807, 2.05) is 19.1 Å². The number of aromatic nitrogens is 4. The summed E-state index contributed by atoms with van der Waals surface area (Å²) in [4.78, 5) is 39.2. The lowest BCUT2D eigenvalue weighted by Gasteiger charge is -2.13. The highest BCUT2D eigenvalue weighted by atomic mass is 35.5. The molecule has 1 aromatic carbocycles. The number of furan rings is 1. The van der Waals surface area contributed by atoms with Crippen LogP contribution in [0, 0.1) is 6.92 Å². The summed E-state index contributed by atoms with van der Waals surface area (Å²) in [6, 6.07) is 10.5. The van der Waals surface area contributed by atoms with E-state index in [9.17, 15) is 14.4 Å². The number of rotatable bonds is 7. The lowest BCUT2D eigenvalue weighted by Crippen LogP contribution is -2.43. The Labute approximate surface area is 187 Å². The van der Waals surface area contributed by atoms with Crippen LogP contribution in [0.2, 0.25) is 5.02 Å². The Bertz CT molecular complexity index is 1400. The molecule has 1 amide bonds. The van der Waals surface area contributed by atoms with Gasteiger partial charge in [-0.3, -0.25) is 23.4 Å². The number of aryl methyl sites for hydroxylation is 2. The molecule has 0 saturated carbocycles. The maximum atomic E-state index is 13.3. The van der Waals surface area contributed by atoms with Crippen LogP contribution in [0.5, 0.6) is 0 Å². The van der Waals surface area contributed by atoms with Crippen LogP contribution < -0.4 is 16.6 Å². The lowest BCUT2D eigenvalue weighted by molar-refractivity contribution is -0.121. The molecule has 1 N–H and O–H groups in total. The Morgan fingerprint density at radius 1 is 1.12 bits per heavy atom. The fourth-order valence-corrected chi connectivity index (χ4v) is 3.87. The molecule has 166 valence electrons. The molecular formula is C22H22ClN5O4. The first-order chi connectivity index (χ1) is 15.4. The minimum atomic E-state index is -0.606. The van der Waals surface area contributed by atoms with E-state index in [1.54, 1.807) is 35.9 Å². The number of nitrogens with one attached hydrogen (secondary N) is 1. The average Bonchev–Trinajstić information content (AvgIpc) is 3.41. The van der Waals surface area contributed by atoms with E-state index in [-0.39, 0.29) is 31.1 Å². The molecule has 9 nitrogen and oxygen atoms in total. The zero-order valence-corrected chi connectivity index (χ0v) is 18.4. The van der Waals surface area contributed by atoms with Gasteiger partial charge in [-0.1, -0.05) is 29.8 Å². The first-order valence-electron chi connectivity index (χ1n) is 10.1. The van der Waals surface area contributed by atoms with Crippen molar-refractivity contribution >= 4 is 28.5 Å². The standard InChI is InChI=1S/C22H22ClN5O4/c1-3-28-20-19(14(2)25-28)26(13-18(29)24-11-15-7-4-5-9-17(15)23)22(31)27(21(20)30)12-16-8-6-10-32-16/h4-10H,3,11-13H2,1-2H3,(H,24,29). The second-order valence-electron chi connectivity index (χ2n) is 7.31. The smallest absolute Gasteiger partial charge is 0.332 e. The summed E-state index contributed by atoms with van der Waals surface area (Å²) in [5, 5.41) is 7.72. The SMILES string of the molecule is CCn1nc(C)c2c1c(=O)n(Cc1ccco1)c(=O)n2CC(=O)NCc1ccccc1Cl. The molecule has 32 heavy (non-hydrogen) atoms. The van der Waals surface area contributed by atoms with Crippen LogP contribution in [-0.4, -0.2) is 24.8 Å². The predicted molar refractivity (Wildman–Crippen MR) is 120 cm³/mol. The molecule has 0 spiro atoms. The molecule has 0 fully saturated rings. The third-order valence-corrected chi connectivity index (χ3v) is 5.57. The van der Waals surface area contributed by atoms with E-state index in [4.69, 9.17) is 16.0 Å². The summed E-state index contributed by atoms with van der Waals surface area (Å²) in [6.07, 6.45) is 1.47. The quantitative estimate of drug-likeness (QED) is 0.460. The second-order valence-corrected chi connectivity index (χ2v) is 7.71. The molecule has 0 atom stereocenters. The number of carbonyl (C=O) groups excluding carboxylic acids is 1. The third kappa shape index (κ3) is 3.99. The molecule has 0 bridgehead atoms. The van der Waals surface area contributed by atoms with Crippen LogP contribution in [0.4, 0.5) is 0 Å². The minimum absolute atomic E-state index is 0.0458. The van der Waals surface area contributed by atoms with E-state index < -0.39 is 11.2 Å². The van der Waals surface area contributed by atoms with Crippen molar-refractivity contribution in [1.29, 1.82) is 0 Å². The largest absolute Gasteiger partial charge is 0.467 e. The summed E-state index contributed by atoms with van der Waals surface area (Å²) in [5.74, 6) is 0.0673. The van der Waals surface area contributed by atoms with E-state index in [2.05, 4.69) is 10.4 Å². The van der Waals surface area contributed by atoms with Crippen molar-refractivity contribution < 1.29 is 9.21 Å². The van der Waals surface area contributed by atoms with Crippen LogP contribution in [0.3, 0.4) is 0 Å². The lowest BCUT2D eigenvalue weighted by atomic mass is 10.2. The highest BCUT2D eigenvalue weighted by Crippen LogP contribution is 2.15. The number of amides is 1. The Morgan fingerprint density at radius 2 is 1.91 bits per heavy atom. The summed E-state index contributed by atoms with van der Waals surface area (Å²) in [5.41, 5.74) is 0.806. The Kier molecular flexibility index (Phi) is 6.00. The zero-order chi connectivity index (χ0) is 22.8. The Morgan fingerprint density at radius 3 is 2.59 bits per heavy atom. The van der Waals surface area contributed by atoms with Crippen molar-refractivity contribution in [2.45, 2.75) is 40.0 Å². The van der Waals surface area contributed by atoms with Gasteiger partial charge in [0.1, 0.15) is 17.8 Å². The maximum absolute atomic E-state index is 13.3. The number of nitrogens with zero attached hydrogens (tertiary/aromatic N) is 4. The Balaban J connectivity index is 1.75. The second kappa shape index (κ2) is 8.88. The van der Waals surface area contributed by atoms with Crippen LogP contribution in [0.25, 0.3) is 11.0 Å². The van der Waals surface area contributed by atoms with Crippen LogP contribution in [0.15, 0.2) is 56.7 Å². The van der Waals surface area contributed by atoms with Gasteiger partial charge >= 0.3 is 5.69 Å². The molecule has 4 aromatic rings. The molecule has 0 aliphatic rings. The summed E-state index contributed by atoms with van der Waals surface area (Å²) in [6.45, 7) is 3.91. The van der Waals surface area contributed by atoms with Crippen LogP contribution in [0.1, 0.15) is 23.9 Å². The van der Waals surface area contributed by atoms with Gasteiger partial charge in [-0.15, -0.1) is 0 Å². The van der Waals surface area contributed by atoms with Crippen molar-refractivity contribution in [2.75, 3.05) is 0 Å².